The van der Waals surface area contributed by atoms with Crippen molar-refractivity contribution < 1.29 is 0 Å². The Morgan fingerprint density at radius 1 is 0.386 bits per heavy atom. The summed E-state index contributed by atoms with van der Waals surface area (Å²) >= 11 is 1.95. The van der Waals surface area contributed by atoms with E-state index in [1.54, 1.807) is 0 Å². The number of hydrogen-bond donors (Lipinski definition) is 0. The molecule has 2 heterocycles. The van der Waals surface area contributed by atoms with Gasteiger partial charge in [-0.05, 0) is 97.2 Å². The minimum atomic E-state index is -0.0206. The van der Waals surface area contributed by atoms with Crippen LogP contribution in [0.3, 0.4) is 0 Å². The molecule has 2 heteroatoms. The summed E-state index contributed by atoms with van der Waals surface area (Å²) in [5.74, 6) is 0. The van der Waals surface area contributed by atoms with Gasteiger partial charge in [0.05, 0.1) is 11.0 Å². The molecule has 9 aromatic carbocycles. The van der Waals surface area contributed by atoms with E-state index in [4.69, 9.17) is 0 Å². The van der Waals surface area contributed by atoms with Gasteiger partial charge in [-0.1, -0.05) is 166 Å². The lowest BCUT2D eigenvalue weighted by atomic mass is 9.82. The first kappa shape index (κ1) is 32.5. The molecule has 57 heavy (non-hydrogen) atoms. The van der Waals surface area contributed by atoms with Gasteiger partial charge in [-0.15, -0.1) is 11.3 Å². The molecule has 0 N–H and O–H groups in total. The summed E-state index contributed by atoms with van der Waals surface area (Å²) in [6.45, 7) is 4.74. The van der Waals surface area contributed by atoms with Crippen LogP contribution in [0.4, 0.5) is 0 Å². The zero-order valence-corrected chi connectivity index (χ0v) is 32.6. The average molecular weight is 744 g/mol. The molecular formula is C55H37NS. The molecule has 268 valence electrons. The Morgan fingerprint density at radius 3 is 1.88 bits per heavy atom. The Hall–Kier alpha value is -6.74. The predicted molar refractivity (Wildman–Crippen MR) is 245 cm³/mol. The molecule has 0 aliphatic heterocycles. The highest BCUT2D eigenvalue weighted by molar-refractivity contribution is 7.27. The third kappa shape index (κ3) is 4.75. The van der Waals surface area contributed by atoms with Crippen LogP contribution in [0, 0.1) is 0 Å². The highest BCUT2D eigenvalue weighted by Crippen LogP contribution is 2.54. The van der Waals surface area contributed by atoms with Gasteiger partial charge in [0, 0.05) is 47.6 Å². The van der Waals surface area contributed by atoms with Crippen molar-refractivity contribution >= 4 is 64.1 Å². The van der Waals surface area contributed by atoms with Crippen molar-refractivity contribution in [2.24, 2.45) is 0 Å². The number of thiophene rings is 1. The molecule has 1 nitrogen and oxygen atoms in total. The third-order valence-electron chi connectivity index (χ3n) is 12.6. The molecule has 0 radical (unpaired) electrons. The van der Waals surface area contributed by atoms with Gasteiger partial charge in [-0.2, -0.15) is 0 Å². The number of fused-ring (bicyclic) bond motifs is 11. The van der Waals surface area contributed by atoms with E-state index in [9.17, 15) is 0 Å². The Labute approximate surface area is 335 Å². The van der Waals surface area contributed by atoms with Crippen LogP contribution in [0.15, 0.2) is 188 Å². The second-order valence-corrected chi connectivity index (χ2v) is 17.1. The van der Waals surface area contributed by atoms with Crippen LogP contribution < -0.4 is 0 Å². The first-order chi connectivity index (χ1) is 28.0. The number of aromatic nitrogens is 1. The Bertz CT molecular complexity index is 3430. The van der Waals surface area contributed by atoms with Crippen LogP contribution in [0.5, 0.6) is 0 Å². The quantitative estimate of drug-likeness (QED) is 0.169. The third-order valence-corrected chi connectivity index (χ3v) is 13.9. The van der Waals surface area contributed by atoms with E-state index in [1.165, 1.54) is 108 Å². The Morgan fingerprint density at radius 2 is 1.00 bits per heavy atom. The molecule has 0 bridgehead atoms. The van der Waals surface area contributed by atoms with E-state index in [-0.39, 0.29) is 5.41 Å². The molecule has 0 spiro atoms. The van der Waals surface area contributed by atoms with E-state index in [1.807, 2.05) is 11.3 Å². The molecule has 0 saturated heterocycles. The normalized spacial score (nSPS) is 13.2. The van der Waals surface area contributed by atoms with Crippen LogP contribution in [0.2, 0.25) is 0 Å². The summed E-state index contributed by atoms with van der Waals surface area (Å²) in [6.07, 6.45) is 0. The summed E-state index contributed by atoms with van der Waals surface area (Å²) in [6, 6.07) is 69.9. The second kappa shape index (κ2) is 12.1. The van der Waals surface area contributed by atoms with E-state index in [0.717, 1.165) is 5.69 Å². The monoisotopic (exact) mass is 743 g/mol. The number of benzene rings is 9. The zero-order valence-electron chi connectivity index (χ0n) is 31.8. The molecular weight excluding hydrogens is 707 g/mol. The van der Waals surface area contributed by atoms with Gasteiger partial charge in [0.1, 0.15) is 0 Å². The van der Waals surface area contributed by atoms with E-state index >= 15 is 0 Å². The number of nitrogens with zero attached hydrogens (tertiary/aromatic N) is 1. The first-order valence-corrected chi connectivity index (χ1v) is 20.7. The molecule has 0 saturated carbocycles. The second-order valence-electron chi connectivity index (χ2n) is 16.1. The summed E-state index contributed by atoms with van der Waals surface area (Å²) in [7, 11) is 0. The smallest absolute Gasteiger partial charge is 0.0541 e. The van der Waals surface area contributed by atoms with Crippen molar-refractivity contribution in [1.29, 1.82) is 0 Å². The van der Waals surface area contributed by atoms with Crippen molar-refractivity contribution in [1.82, 2.24) is 4.57 Å². The summed E-state index contributed by atoms with van der Waals surface area (Å²) < 4.78 is 5.20. The molecule has 12 rings (SSSR count). The van der Waals surface area contributed by atoms with Crippen molar-refractivity contribution in [2.75, 3.05) is 0 Å². The summed E-state index contributed by atoms with van der Waals surface area (Å²) in [4.78, 5) is 0. The molecule has 0 amide bonds. The van der Waals surface area contributed by atoms with Crippen LogP contribution in [0.1, 0.15) is 25.0 Å². The highest BCUT2D eigenvalue weighted by atomic mass is 32.1. The minimum absolute atomic E-state index is 0.0206. The summed E-state index contributed by atoms with van der Waals surface area (Å²) in [5.41, 5.74) is 16.6. The first-order valence-electron chi connectivity index (χ1n) is 19.8. The molecule has 11 aromatic rings. The van der Waals surface area contributed by atoms with E-state index < -0.39 is 0 Å². The van der Waals surface area contributed by atoms with Crippen LogP contribution in [0.25, 0.3) is 103 Å². The fourth-order valence-electron chi connectivity index (χ4n) is 9.84. The SMILES string of the molecule is CC1(C)c2ccccc2-c2c1ccc1c2sc2c(-c3cccc(-n4c5ccc(-c6ccccc6)cc5c5cc(-c6cccc7ccccc67)ccc54)c3)cccc21. The van der Waals surface area contributed by atoms with Gasteiger partial charge >= 0.3 is 0 Å². The van der Waals surface area contributed by atoms with Gasteiger partial charge in [-0.25, -0.2) is 0 Å². The van der Waals surface area contributed by atoms with E-state index in [2.05, 4.69) is 206 Å². The van der Waals surface area contributed by atoms with Gasteiger partial charge in [0.25, 0.3) is 0 Å². The standard InChI is InChI=1S/C55H37NS/c1-55(2)48-24-9-8-20-45(48)52-49(55)28-27-44-43-23-12-22-42(53(43)57-54(44)52)37-17-10-18-39(31-37)56-50-29-25-36(34-13-4-3-5-14-34)32-46(50)47-33-38(26-30-51(47)56)41-21-11-16-35-15-6-7-19-40(35)41/h3-33H,1-2H3. The predicted octanol–water partition coefficient (Wildman–Crippen LogP) is 15.6. The maximum absolute atomic E-state index is 2.47. The average Bonchev–Trinajstić information content (AvgIpc) is 3.89. The lowest BCUT2D eigenvalue weighted by Crippen LogP contribution is -2.14. The molecule has 0 unspecified atom stereocenters. The van der Waals surface area contributed by atoms with Crippen LogP contribution in [-0.4, -0.2) is 4.57 Å². The number of hydrogen-bond acceptors (Lipinski definition) is 1. The molecule has 0 atom stereocenters. The van der Waals surface area contributed by atoms with Crippen molar-refractivity contribution in [3.05, 3.63) is 199 Å². The molecule has 0 fully saturated rings. The molecule has 1 aliphatic rings. The van der Waals surface area contributed by atoms with E-state index in [0.29, 0.717) is 0 Å². The number of rotatable bonds is 4. The highest BCUT2D eigenvalue weighted by Gasteiger charge is 2.36. The topological polar surface area (TPSA) is 4.93 Å². The lowest BCUT2D eigenvalue weighted by molar-refractivity contribution is 0.661. The van der Waals surface area contributed by atoms with Crippen molar-refractivity contribution in [3.8, 4) is 50.2 Å². The van der Waals surface area contributed by atoms with Gasteiger partial charge in [0.15, 0.2) is 0 Å². The largest absolute Gasteiger partial charge is 0.309 e. The Balaban J connectivity index is 1.06. The maximum atomic E-state index is 2.47. The summed E-state index contributed by atoms with van der Waals surface area (Å²) in [5, 5.41) is 7.71. The van der Waals surface area contributed by atoms with Crippen LogP contribution >= 0.6 is 11.3 Å². The Kier molecular flexibility index (Phi) is 6.91. The molecule has 2 aromatic heterocycles. The minimum Gasteiger partial charge on any atom is -0.309 e. The van der Waals surface area contributed by atoms with Crippen molar-refractivity contribution in [2.45, 2.75) is 19.3 Å². The van der Waals surface area contributed by atoms with Gasteiger partial charge in [-0.3, -0.25) is 0 Å². The van der Waals surface area contributed by atoms with Crippen molar-refractivity contribution in [3.63, 3.8) is 0 Å². The van der Waals surface area contributed by atoms with Gasteiger partial charge < -0.3 is 4.57 Å². The fourth-order valence-corrected chi connectivity index (χ4v) is 11.2. The maximum Gasteiger partial charge on any atom is 0.0541 e. The van der Waals surface area contributed by atoms with Crippen LogP contribution in [-0.2, 0) is 5.41 Å². The zero-order chi connectivity index (χ0) is 37.8. The fraction of sp³-hybridized carbons (Fsp3) is 0.0545. The molecule has 1 aliphatic carbocycles. The van der Waals surface area contributed by atoms with Gasteiger partial charge in [0.2, 0.25) is 0 Å². The lowest BCUT2D eigenvalue weighted by Gasteiger charge is -2.21.